The Morgan fingerprint density at radius 3 is 2.18 bits per heavy atom. The van der Waals surface area contributed by atoms with E-state index < -0.39 is 0 Å². The Labute approximate surface area is 106 Å². The molecule has 0 radical (unpaired) electrons. The molecule has 0 saturated heterocycles. The zero-order valence-electron chi connectivity index (χ0n) is 10.6. The number of aromatic nitrogens is 1. The second-order valence-electron chi connectivity index (χ2n) is 4.42. The third kappa shape index (κ3) is 2.26. The van der Waals surface area contributed by atoms with Gasteiger partial charge in [-0.3, -0.25) is 0 Å². The van der Waals surface area contributed by atoms with E-state index in [4.69, 9.17) is 5.73 Å². The van der Waals surface area contributed by atoms with Crippen molar-refractivity contribution in [2.75, 3.05) is 24.7 Å². The summed E-state index contributed by atoms with van der Waals surface area (Å²) in [5, 5.41) is 2.62. The molecule has 17 heavy (non-hydrogen) atoms. The van der Waals surface area contributed by atoms with Crippen LogP contribution in [0.3, 0.4) is 0 Å². The highest BCUT2D eigenvalue weighted by molar-refractivity contribution is 7.13. The Balaban J connectivity index is 2.52. The predicted octanol–water partition coefficient (Wildman–Crippen LogP) is 3.08. The first kappa shape index (κ1) is 11.9. The number of aryl methyl sites for hydroxylation is 2. The van der Waals surface area contributed by atoms with Crippen molar-refractivity contribution in [1.29, 1.82) is 0 Å². The van der Waals surface area contributed by atoms with E-state index in [0.29, 0.717) is 5.13 Å². The minimum Gasteiger partial charge on any atom is -0.377 e. The Morgan fingerprint density at radius 1 is 1.18 bits per heavy atom. The molecule has 0 amide bonds. The predicted molar refractivity (Wildman–Crippen MR) is 75.8 cm³/mol. The van der Waals surface area contributed by atoms with E-state index >= 15 is 0 Å². The summed E-state index contributed by atoms with van der Waals surface area (Å²) >= 11 is 1.48. The minimum atomic E-state index is 0.618. The summed E-state index contributed by atoms with van der Waals surface area (Å²) in [6, 6.07) is 4.33. The lowest BCUT2D eigenvalue weighted by atomic mass is 10.0. The lowest BCUT2D eigenvalue weighted by molar-refractivity contribution is 1.10. The summed E-state index contributed by atoms with van der Waals surface area (Å²) in [6.45, 7) is 4.25. The molecule has 2 N–H and O–H groups in total. The first-order chi connectivity index (χ1) is 7.99. The maximum Gasteiger partial charge on any atom is 0.180 e. The SMILES string of the molecule is Cc1cc(-c2csc(N)n2)cc(C)c1N(C)C. The van der Waals surface area contributed by atoms with Gasteiger partial charge in [-0.1, -0.05) is 0 Å². The fourth-order valence-corrected chi connectivity index (χ4v) is 2.80. The van der Waals surface area contributed by atoms with Gasteiger partial charge in [0.15, 0.2) is 5.13 Å². The van der Waals surface area contributed by atoms with Crippen LogP contribution in [0.1, 0.15) is 11.1 Å². The van der Waals surface area contributed by atoms with Gasteiger partial charge in [-0.15, -0.1) is 11.3 Å². The van der Waals surface area contributed by atoms with Crippen molar-refractivity contribution >= 4 is 22.2 Å². The molecular weight excluding hydrogens is 230 g/mol. The van der Waals surface area contributed by atoms with Gasteiger partial charge in [0.1, 0.15) is 0 Å². The topological polar surface area (TPSA) is 42.1 Å². The minimum absolute atomic E-state index is 0.618. The summed E-state index contributed by atoms with van der Waals surface area (Å²) in [5.41, 5.74) is 11.6. The largest absolute Gasteiger partial charge is 0.377 e. The Hall–Kier alpha value is -1.55. The molecule has 0 atom stereocenters. The van der Waals surface area contributed by atoms with Crippen LogP contribution >= 0.6 is 11.3 Å². The monoisotopic (exact) mass is 247 g/mol. The normalized spacial score (nSPS) is 10.6. The van der Waals surface area contributed by atoms with Gasteiger partial charge in [0.2, 0.25) is 0 Å². The van der Waals surface area contributed by atoms with E-state index in [1.807, 2.05) is 5.38 Å². The number of nitrogen functional groups attached to an aromatic ring is 1. The van der Waals surface area contributed by atoms with Crippen molar-refractivity contribution in [2.45, 2.75) is 13.8 Å². The number of benzene rings is 1. The zero-order chi connectivity index (χ0) is 12.6. The van der Waals surface area contributed by atoms with Crippen LogP contribution in [0.4, 0.5) is 10.8 Å². The van der Waals surface area contributed by atoms with Gasteiger partial charge < -0.3 is 10.6 Å². The van der Waals surface area contributed by atoms with Crippen LogP contribution in [0, 0.1) is 13.8 Å². The Bertz CT molecular complexity index is 520. The molecule has 0 saturated carbocycles. The zero-order valence-corrected chi connectivity index (χ0v) is 11.4. The maximum absolute atomic E-state index is 5.67. The average Bonchev–Trinajstić information content (AvgIpc) is 2.63. The highest BCUT2D eigenvalue weighted by Gasteiger charge is 2.09. The number of anilines is 2. The van der Waals surface area contributed by atoms with Crippen LogP contribution in [-0.4, -0.2) is 19.1 Å². The molecule has 1 aromatic heterocycles. The number of hydrogen-bond acceptors (Lipinski definition) is 4. The van der Waals surface area contributed by atoms with E-state index in [2.05, 4.69) is 50.0 Å². The van der Waals surface area contributed by atoms with Crippen LogP contribution in [0.25, 0.3) is 11.3 Å². The maximum atomic E-state index is 5.67. The Kier molecular flexibility index (Phi) is 3.07. The summed E-state index contributed by atoms with van der Waals surface area (Å²) in [4.78, 5) is 6.46. The summed E-state index contributed by atoms with van der Waals surface area (Å²) in [6.07, 6.45) is 0. The molecule has 0 fully saturated rings. The van der Waals surface area contributed by atoms with Crippen molar-refractivity contribution in [3.63, 3.8) is 0 Å². The molecule has 90 valence electrons. The Morgan fingerprint density at radius 2 is 1.76 bits per heavy atom. The first-order valence-corrected chi connectivity index (χ1v) is 6.37. The van der Waals surface area contributed by atoms with Gasteiger partial charge in [-0.25, -0.2) is 4.98 Å². The van der Waals surface area contributed by atoms with E-state index in [1.54, 1.807) is 0 Å². The second-order valence-corrected chi connectivity index (χ2v) is 5.31. The van der Waals surface area contributed by atoms with Crippen molar-refractivity contribution in [2.24, 2.45) is 0 Å². The van der Waals surface area contributed by atoms with Crippen LogP contribution in [-0.2, 0) is 0 Å². The lowest BCUT2D eigenvalue weighted by Gasteiger charge is -2.19. The van der Waals surface area contributed by atoms with Gasteiger partial charge >= 0.3 is 0 Å². The lowest BCUT2D eigenvalue weighted by Crippen LogP contribution is -2.12. The molecule has 0 aliphatic heterocycles. The molecule has 1 heterocycles. The summed E-state index contributed by atoms with van der Waals surface area (Å²) in [5.74, 6) is 0. The first-order valence-electron chi connectivity index (χ1n) is 5.49. The molecule has 3 nitrogen and oxygen atoms in total. The fraction of sp³-hybridized carbons (Fsp3) is 0.308. The highest BCUT2D eigenvalue weighted by Crippen LogP contribution is 2.30. The molecule has 2 aromatic rings. The van der Waals surface area contributed by atoms with Gasteiger partial charge in [-0.2, -0.15) is 0 Å². The smallest absolute Gasteiger partial charge is 0.180 e. The molecule has 0 aliphatic rings. The molecule has 0 bridgehead atoms. The number of thiazole rings is 1. The molecule has 2 rings (SSSR count). The number of hydrogen-bond donors (Lipinski definition) is 1. The molecule has 0 unspecified atom stereocenters. The highest BCUT2D eigenvalue weighted by atomic mass is 32.1. The summed E-state index contributed by atoms with van der Waals surface area (Å²) in [7, 11) is 4.13. The standard InChI is InChI=1S/C13H17N3S/c1-8-5-10(11-7-17-13(14)15-11)6-9(2)12(8)16(3)4/h5-7H,1-4H3,(H2,14,15). The van der Waals surface area contributed by atoms with Crippen molar-refractivity contribution < 1.29 is 0 Å². The van der Waals surface area contributed by atoms with E-state index in [0.717, 1.165) is 11.3 Å². The van der Waals surface area contributed by atoms with E-state index in [9.17, 15) is 0 Å². The van der Waals surface area contributed by atoms with E-state index in [-0.39, 0.29) is 0 Å². The van der Waals surface area contributed by atoms with Crippen LogP contribution in [0.2, 0.25) is 0 Å². The molecule has 1 aromatic carbocycles. The average molecular weight is 247 g/mol. The molecule has 4 heteroatoms. The third-order valence-corrected chi connectivity index (χ3v) is 3.43. The van der Waals surface area contributed by atoms with Crippen LogP contribution in [0.5, 0.6) is 0 Å². The molecule has 0 spiro atoms. The van der Waals surface area contributed by atoms with Gasteiger partial charge in [0.05, 0.1) is 5.69 Å². The number of rotatable bonds is 2. The quantitative estimate of drug-likeness (QED) is 0.886. The number of nitrogens with zero attached hydrogens (tertiary/aromatic N) is 2. The van der Waals surface area contributed by atoms with Gasteiger partial charge in [0, 0.05) is 30.7 Å². The summed E-state index contributed by atoms with van der Waals surface area (Å²) < 4.78 is 0. The fourth-order valence-electron chi connectivity index (χ4n) is 2.23. The van der Waals surface area contributed by atoms with Crippen molar-refractivity contribution in [3.8, 4) is 11.3 Å². The molecule has 0 aliphatic carbocycles. The number of nitrogens with two attached hydrogens (primary N) is 1. The third-order valence-electron chi connectivity index (χ3n) is 2.76. The van der Waals surface area contributed by atoms with Crippen LogP contribution in [0.15, 0.2) is 17.5 Å². The van der Waals surface area contributed by atoms with Crippen molar-refractivity contribution in [1.82, 2.24) is 4.98 Å². The van der Waals surface area contributed by atoms with Gasteiger partial charge in [0.25, 0.3) is 0 Å². The van der Waals surface area contributed by atoms with Crippen LogP contribution < -0.4 is 10.6 Å². The van der Waals surface area contributed by atoms with Crippen molar-refractivity contribution in [3.05, 3.63) is 28.6 Å². The van der Waals surface area contributed by atoms with Gasteiger partial charge in [-0.05, 0) is 37.1 Å². The molecular formula is C13H17N3S. The van der Waals surface area contributed by atoms with E-state index in [1.165, 1.54) is 28.2 Å². The second kappa shape index (κ2) is 4.37.